The summed E-state index contributed by atoms with van der Waals surface area (Å²) >= 11 is 5.06. The standard InChI is InChI=1S/C14H12BrN3OS/c1-2-19-9-3-4-12-13(7-9)20-14(18-12)17-11-5-6-16-8-10(11)15/h3-8H,2H2,1H3,(H,16,17,18). The van der Waals surface area contributed by atoms with Crippen molar-refractivity contribution in [3.8, 4) is 5.75 Å². The second kappa shape index (κ2) is 5.76. The molecule has 0 fully saturated rings. The molecule has 20 heavy (non-hydrogen) atoms. The molecule has 0 spiro atoms. The lowest BCUT2D eigenvalue weighted by molar-refractivity contribution is 0.341. The minimum absolute atomic E-state index is 0.666. The summed E-state index contributed by atoms with van der Waals surface area (Å²) in [5.74, 6) is 0.875. The molecule has 1 aromatic carbocycles. The maximum atomic E-state index is 5.50. The number of nitrogens with one attached hydrogen (secondary N) is 1. The molecule has 6 heteroatoms. The molecule has 0 radical (unpaired) electrons. The predicted octanol–water partition coefficient (Wildman–Crippen LogP) is 4.60. The molecule has 0 bridgehead atoms. The number of thiazole rings is 1. The number of rotatable bonds is 4. The third-order valence-electron chi connectivity index (χ3n) is 2.68. The number of halogens is 1. The van der Waals surface area contributed by atoms with E-state index in [-0.39, 0.29) is 0 Å². The molecular weight excluding hydrogens is 338 g/mol. The highest BCUT2D eigenvalue weighted by Crippen LogP contribution is 2.32. The molecule has 2 aromatic heterocycles. The lowest BCUT2D eigenvalue weighted by Gasteiger charge is -2.03. The fraction of sp³-hybridized carbons (Fsp3) is 0.143. The zero-order chi connectivity index (χ0) is 13.9. The topological polar surface area (TPSA) is 47.0 Å². The van der Waals surface area contributed by atoms with Gasteiger partial charge >= 0.3 is 0 Å². The van der Waals surface area contributed by atoms with Gasteiger partial charge in [-0.1, -0.05) is 11.3 Å². The summed E-state index contributed by atoms with van der Waals surface area (Å²) in [6.45, 7) is 2.64. The Bertz CT molecular complexity index is 744. The molecule has 0 saturated carbocycles. The zero-order valence-electron chi connectivity index (χ0n) is 10.8. The van der Waals surface area contributed by atoms with Gasteiger partial charge in [-0.3, -0.25) is 4.98 Å². The van der Waals surface area contributed by atoms with Crippen molar-refractivity contribution in [1.29, 1.82) is 0 Å². The SMILES string of the molecule is CCOc1ccc2nc(Nc3ccncc3Br)sc2c1. The average Bonchev–Trinajstić information content (AvgIpc) is 2.83. The first-order valence-corrected chi connectivity index (χ1v) is 7.77. The van der Waals surface area contributed by atoms with Gasteiger partial charge in [0.05, 0.1) is 27.0 Å². The molecule has 0 amide bonds. The van der Waals surface area contributed by atoms with Gasteiger partial charge in [-0.2, -0.15) is 0 Å². The molecule has 1 N–H and O–H groups in total. The monoisotopic (exact) mass is 349 g/mol. The third-order valence-corrected chi connectivity index (χ3v) is 4.25. The molecule has 0 unspecified atom stereocenters. The van der Waals surface area contributed by atoms with Crippen LogP contribution in [0, 0.1) is 0 Å². The van der Waals surface area contributed by atoms with Crippen LogP contribution >= 0.6 is 27.3 Å². The maximum absolute atomic E-state index is 5.50. The summed E-state index contributed by atoms with van der Waals surface area (Å²) in [6, 6.07) is 7.84. The van der Waals surface area contributed by atoms with Crippen LogP contribution in [0.3, 0.4) is 0 Å². The van der Waals surface area contributed by atoms with E-state index in [2.05, 4.69) is 31.2 Å². The van der Waals surface area contributed by atoms with E-state index in [1.54, 1.807) is 23.7 Å². The molecular formula is C14H12BrN3OS. The fourth-order valence-corrected chi connectivity index (χ4v) is 3.06. The average molecular weight is 350 g/mol. The van der Waals surface area contributed by atoms with Crippen molar-refractivity contribution in [3.63, 3.8) is 0 Å². The minimum atomic E-state index is 0.666. The van der Waals surface area contributed by atoms with Gasteiger partial charge in [-0.25, -0.2) is 4.98 Å². The number of hydrogen-bond acceptors (Lipinski definition) is 5. The van der Waals surface area contributed by atoms with Crippen LogP contribution in [0.2, 0.25) is 0 Å². The van der Waals surface area contributed by atoms with E-state index in [0.717, 1.165) is 31.3 Å². The van der Waals surface area contributed by atoms with Gasteiger partial charge < -0.3 is 10.1 Å². The highest BCUT2D eigenvalue weighted by Gasteiger charge is 2.07. The highest BCUT2D eigenvalue weighted by atomic mass is 79.9. The van der Waals surface area contributed by atoms with E-state index >= 15 is 0 Å². The Morgan fingerprint density at radius 2 is 2.25 bits per heavy atom. The van der Waals surface area contributed by atoms with Gasteiger partial charge in [0.1, 0.15) is 5.75 Å². The van der Waals surface area contributed by atoms with Crippen LogP contribution in [0.1, 0.15) is 6.92 Å². The van der Waals surface area contributed by atoms with Crippen molar-refractivity contribution in [2.75, 3.05) is 11.9 Å². The van der Waals surface area contributed by atoms with E-state index in [9.17, 15) is 0 Å². The summed E-state index contributed by atoms with van der Waals surface area (Å²) in [4.78, 5) is 8.60. The smallest absolute Gasteiger partial charge is 0.188 e. The Morgan fingerprint density at radius 1 is 1.35 bits per heavy atom. The lowest BCUT2D eigenvalue weighted by Crippen LogP contribution is -1.90. The van der Waals surface area contributed by atoms with E-state index in [1.165, 1.54) is 0 Å². The van der Waals surface area contributed by atoms with Crippen LogP contribution in [-0.2, 0) is 0 Å². The van der Waals surface area contributed by atoms with Crippen LogP contribution in [0.25, 0.3) is 10.2 Å². The summed E-state index contributed by atoms with van der Waals surface area (Å²) < 4.78 is 7.52. The normalized spacial score (nSPS) is 10.7. The van der Waals surface area contributed by atoms with Crippen LogP contribution in [-0.4, -0.2) is 16.6 Å². The van der Waals surface area contributed by atoms with Crippen LogP contribution < -0.4 is 10.1 Å². The molecule has 3 aromatic rings. The lowest BCUT2D eigenvalue weighted by atomic mass is 10.3. The molecule has 0 saturated heterocycles. The Labute approximate surface area is 129 Å². The van der Waals surface area contributed by atoms with Gasteiger partial charge in [-0.05, 0) is 47.1 Å². The molecule has 0 aliphatic carbocycles. The van der Waals surface area contributed by atoms with Crippen LogP contribution in [0.4, 0.5) is 10.8 Å². The van der Waals surface area contributed by atoms with Gasteiger partial charge in [0, 0.05) is 12.4 Å². The van der Waals surface area contributed by atoms with Gasteiger partial charge in [0.2, 0.25) is 0 Å². The summed E-state index contributed by atoms with van der Waals surface area (Å²) in [5.41, 5.74) is 1.91. The number of pyridine rings is 1. The summed E-state index contributed by atoms with van der Waals surface area (Å²) in [5, 5.41) is 4.14. The van der Waals surface area contributed by atoms with Crippen molar-refractivity contribution in [2.24, 2.45) is 0 Å². The van der Waals surface area contributed by atoms with Crippen molar-refractivity contribution >= 4 is 48.3 Å². The first-order valence-electron chi connectivity index (χ1n) is 6.16. The van der Waals surface area contributed by atoms with E-state index < -0.39 is 0 Å². The predicted molar refractivity (Wildman–Crippen MR) is 86.0 cm³/mol. The number of fused-ring (bicyclic) bond motifs is 1. The molecule has 3 rings (SSSR count). The Morgan fingerprint density at radius 3 is 3.05 bits per heavy atom. The first kappa shape index (κ1) is 13.3. The van der Waals surface area contributed by atoms with Crippen molar-refractivity contribution in [2.45, 2.75) is 6.92 Å². The Kier molecular flexibility index (Phi) is 3.84. The van der Waals surface area contributed by atoms with Crippen molar-refractivity contribution < 1.29 is 4.74 Å². The quantitative estimate of drug-likeness (QED) is 0.747. The number of anilines is 2. The number of ether oxygens (including phenoxy) is 1. The van der Waals surface area contributed by atoms with Crippen molar-refractivity contribution in [3.05, 3.63) is 41.1 Å². The minimum Gasteiger partial charge on any atom is -0.494 e. The van der Waals surface area contributed by atoms with E-state index in [0.29, 0.717) is 6.61 Å². The van der Waals surface area contributed by atoms with Gasteiger partial charge in [0.15, 0.2) is 5.13 Å². The number of aromatic nitrogens is 2. The highest BCUT2D eigenvalue weighted by molar-refractivity contribution is 9.10. The van der Waals surface area contributed by atoms with Crippen molar-refractivity contribution in [1.82, 2.24) is 9.97 Å². The van der Waals surface area contributed by atoms with E-state index in [1.807, 2.05) is 31.2 Å². The Balaban J connectivity index is 1.91. The zero-order valence-corrected chi connectivity index (χ0v) is 13.2. The molecule has 0 aliphatic heterocycles. The molecule has 0 atom stereocenters. The first-order chi connectivity index (χ1) is 9.76. The molecule has 2 heterocycles. The second-order valence-corrected chi connectivity index (χ2v) is 5.95. The Hall–Kier alpha value is -1.66. The number of benzene rings is 1. The summed E-state index contributed by atoms with van der Waals surface area (Å²) in [7, 11) is 0. The maximum Gasteiger partial charge on any atom is 0.188 e. The molecule has 102 valence electrons. The van der Waals surface area contributed by atoms with Crippen LogP contribution in [0.15, 0.2) is 41.1 Å². The second-order valence-electron chi connectivity index (χ2n) is 4.06. The molecule has 0 aliphatic rings. The van der Waals surface area contributed by atoms with Gasteiger partial charge in [0.25, 0.3) is 0 Å². The molecule has 4 nitrogen and oxygen atoms in total. The van der Waals surface area contributed by atoms with Crippen LogP contribution in [0.5, 0.6) is 5.75 Å². The number of hydrogen-bond donors (Lipinski definition) is 1. The fourth-order valence-electron chi connectivity index (χ4n) is 1.81. The summed E-state index contributed by atoms with van der Waals surface area (Å²) in [6.07, 6.45) is 3.50. The van der Waals surface area contributed by atoms with Gasteiger partial charge in [-0.15, -0.1) is 0 Å². The third kappa shape index (κ3) is 2.76. The number of nitrogens with zero attached hydrogens (tertiary/aromatic N) is 2. The largest absolute Gasteiger partial charge is 0.494 e. The van der Waals surface area contributed by atoms with E-state index in [4.69, 9.17) is 4.74 Å².